The third-order valence-corrected chi connectivity index (χ3v) is 7.25. The number of nitrogens with zero attached hydrogens (tertiary/aromatic N) is 1. The normalized spacial score (nSPS) is 16.9. The number of carbonyl (C=O) groups is 2. The van der Waals surface area contributed by atoms with Gasteiger partial charge in [0, 0.05) is 12.5 Å². The van der Waals surface area contributed by atoms with Crippen molar-refractivity contribution in [1.29, 1.82) is 0 Å². The van der Waals surface area contributed by atoms with Crippen molar-refractivity contribution >= 4 is 22.6 Å². The van der Waals surface area contributed by atoms with E-state index in [0.29, 0.717) is 29.5 Å². The van der Waals surface area contributed by atoms with Gasteiger partial charge in [-0.3, -0.25) is 4.79 Å². The highest BCUT2D eigenvalue weighted by molar-refractivity contribution is 5.83. The first-order chi connectivity index (χ1) is 20.8. The van der Waals surface area contributed by atoms with E-state index in [4.69, 9.17) is 9.47 Å². The minimum atomic E-state index is -5.25. The highest BCUT2D eigenvalue weighted by Crippen LogP contribution is 2.30. The van der Waals surface area contributed by atoms with Crippen LogP contribution in [-0.4, -0.2) is 48.9 Å². The average Bonchev–Trinajstić information content (AvgIpc) is 3.02. The van der Waals surface area contributed by atoms with Gasteiger partial charge in [-0.2, -0.15) is 18.2 Å². The summed E-state index contributed by atoms with van der Waals surface area (Å²) in [5.74, 6) is -2.94. The van der Waals surface area contributed by atoms with Crippen LogP contribution in [0.15, 0.2) is 97.1 Å². The standard InChI is InChI=1S/C33H31F3N2O5/c34-33(35,36)32(40)43-38(20-23-6-2-1-3-7-23)31(39)22-41-28-14-12-26(13-15-28)29-16-17-37-19-30(29)42-21-24-10-11-25-8-4-5-9-27(25)18-24/h1-15,18,29-30,37H,16-17,19-22H2. The molecule has 1 fully saturated rings. The van der Waals surface area contributed by atoms with Crippen molar-refractivity contribution in [2.45, 2.75) is 37.8 Å². The van der Waals surface area contributed by atoms with Gasteiger partial charge in [0.05, 0.1) is 19.3 Å². The molecule has 1 aliphatic heterocycles. The number of benzene rings is 4. The van der Waals surface area contributed by atoms with Gasteiger partial charge in [-0.05, 0) is 58.6 Å². The van der Waals surface area contributed by atoms with Crippen molar-refractivity contribution in [3.63, 3.8) is 0 Å². The molecule has 2 atom stereocenters. The first kappa shape index (κ1) is 30.1. The molecule has 4 aromatic rings. The quantitative estimate of drug-likeness (QED) is 0.243. The largest absolute Gasteiger partial charge is 0.493 e. The second-order valence-corrected chi connectivity index (χ2v) is 10.3. The Morgan fingerprint density at radius 3 is 2.33 bits per heavy atom. The van der Waals surface area contributed by atoms with Gasteiger partial charge in [0.25, 0.3) is 5.91 Å². The van der Waals surface area contributed by atoms with Gasteiger partial charge in [-0.15, -0.1) is 0 Å². The van der Waals surface area contributed by atoms with Crippen molar-refractivity contribution in [3.8, 4) is 5.75 Å². The van der Waals surface area contributed by atoms with Crippen molar-refractivity contribution in [3.05, 3.63) is 114 Å². The fraction of sp³-hybridized carbons (Fsp3) is 0.273. The van der Waals surface area contributed by atoms with Crippen LogP contribution in [0, 0.1) is 0 Å². The molecule has 43 heavy (non-hydrogen) atoms. The first-order valence-corrected chi connectivity index (χ1v) is 13.9. The van der Waals surface area contributed by atoms with Crippen molar-refractivity contribution in [2.24, 2.45) is 0 Å². The molecule has 4 aromatic carbocycles. The van der Waals surface area contributed by atoms with Crippen LogP contribution in [0.3, 0.4) is 0 Å². The maximum Gasteiger partial charge on any atom is 0.493 e. The molecule has 2 unspecified atom stereocenters. The zero-order valence-electron chi connectivity index (χ0n) is 23.3. The summed E-state index contributed by atoms with van der Waals surface area (Å²) in [6.07, 6.45) is -4.43. The molecule has 224 valence electrons. The van der Waals surface area contributed by atoms with E-state index in [0.717, 1.165) is 29.5 Å². The van der Waals surface area contributed by atoms with E-state index in [2.05, 4.69) is 40.5 Å². The van der Waals surface area contributed by atoms with Crippen molar-refractivity contribution in [1.82, 2.24) is 10.4 Å². The highest BCUT2D eigenvalue weighted by Gasteiger charge is 2.43. The van der Waals surface area contributed by atoms with Crippen LogP contribution in [-0.2, 0) is 32.3 Å². The Morgan fingerprint density at radius 1 is 0.860 bits per heavy atom. The maximum absolute atomic E-state index is 12.8. The zero-order valence-corrected chi connectivity index (χ0v) is 23.3. The Morgan fingerprint density at radius 2 is 1.58 bits per heavy atom. The van der Waals surface area contributed by atoms with Crippen LogP contribution in [0.25, 0.3) is 10.8 Å². The van der Waals surface area contributed by atoms with E-state index in [1.165, 1.54) is 5.39 Å². The lowest BCUT2D eigenvalue weighted by Gasteiger charge is -2.32. The number of rotatable bonds is 9. The van der Waals surface area contributed by atoms with Crippen LogP contribution >= 0.6 is 0 Å². The van der Waals surface area contributed by atoms with Gasteiger partial charge in [-0.25, -0.2) is 4.79 Å². The predicted molar refractivity (Wildman–Crippen MR) is 154 cm³/mol. The smallest absolute Gasteiger partial charge is 0.484 e. The summed E-state index contributed by atoms with van der Waals surface area (Å²) in [5, 5.41) is 6.11. The summed E-state index contributed by atoms with van der Waals surface area (Å²) in [6.45, 7) is 1.05. The average molecular weight is 593 g/mol. The molecule has 1 N–H and O–H groups in total. The molecule has 10 heteroatoms. The molecule has 0 bridgehead atoms. The molecule has 0 spiro atoms. The zero-order chi connectivity index (χ0) is 30.2. The molecule has 0 radical (unpaired) electrons. The monoisotopic (exact) mass is 592 g/mol. The Hall–Kier alpha value is -4.41. The molecule has 0 aromatic heterocycles. The molecular weight excluding hydrogens is 561 g/mol. The molecule has 7 nitrogen and oxygen atoms in total. The van der Waals surface area contributed by atoms with Crippen molar-refractivity contribution < 1.29 is 37.1 Å². The number of halogens is 3. The van der Waals surface area contributed by atoms with Crippen LogP contribution in [0.2, 0.25) is 0 Å². The first-order valence-electron chi connectivity index (χ1n) is 13.9. The Balaban J connectivity index is 1.19. The lowest BCUT2D eigenvalue weighted by Crippen LogP contribution is -2.41. The van der Waals surface area contributed by atoms with Crippen LogP contribution in [0.5, 0.6) is 5.75 Å². The number of amides is 1. The van der Waals surface area contributed by atoms with Gasteiger partial charge >= 0.3 is 12.1 Å². The van der Waals surface area contributed by atoms with E-state index in [1.807, 2.05) is 24.3 Å². The van der Waals surface area contributed by atoms with E-state index in [9.17, 15) is 22.8 Å². The molecule has 0 aliphatic carbocycles. The molecular formula is C33H31F3N2O5. The van der Waals surface area contributed by atoms with E-state index in [1.54, 1.807) is 42.5 Å². The van der Waals surface area contributed by atoms with Gasteiger partial charge in [0.1, 0.15) is 5.75 Å². The predicted octanol–water partition coefficient (Wildman–Crippen LogP) is 5.93. The van der Waals surface area contributed by atoms with Crippen molar-refractivity contribution in [2.75, 3.05) is 19.7 Å². The van der Waals surface area contributed by atoms with E-state index in [-0.39, 0.29) is 18.6 Å². The number of nitrogens with one attached hydrogen (secondary N) is 1. The fourth-order valence-corrected chi connectivity index (χ4v) is 5.02. The summed E-state index contributed by atoms with van der Waals surface area (Å²) in [6, 6.07) is 29.9. The van der Waals surface area contributed by atoms with Gasteiger partial charge in [-0.1, -0.05) is 78.9 Å². The molecule has 1 aliphatic rings. The van der Waals surface area contributed by atoms with E-state index >= 15 is 0 Å². The summed E-state index contributed by atoms with van der Waals surface area (Å²) in [4.78, 5) is 28.6. The number of hydroxylamine groups is 2. The second kappa shape index (κ2) is 13.7. The summed E-state index contributed by atoms with van der Waals surface area (Å²) in [5.41, 5.74) is 2.63. The Bertz CT molecular complexity index is 1530. The second-order valence-electron chi connectivity index (χ2n) is 10.3. The maximum atomic E-state index is 12.8. The summed E-state index contributed by atoms with van der Waals surface area (Å²) >= 11 is 0. The van der Waals surface area contributed by atoms with Crippen LogP contribution < -0.4 is 10.1 Å². The number of hydrogen-bond donors (Lipinski definition) is 1. The number of alkyl halides is 3. The topological polar surface area (TPSA) is 77.1 Å². The van der Waals surface area contributed by atoms with Gasteiger partial charge < -0.3 is 19.6 Å². The van der Waals surface area contributed by atoms with E-state index < -0.39 is 24.7 Å². The highest BCUT2D eigenvalue weighted by atomic mass is 19.4. The molecule has 1 amide bonds. The number of carbonyl (C=O) groups excluding carboxylic acids is 2. The van der Waals surface area contributed by atoms with Gasteiger partial charge in [0.15, 0.2) is 6.61 Å². The Labute approximate surface area is 247 Å². The van der Waals surface area contributed by atoms with Crippen LogP contribution in [0.4, 0.5) is 13.2 Å². The lowest BCUT2D eigenvalue weighted by molar-refractivity contribution is -0.239. The Kier molecular flexibility index (Phi) is 9.58. The molecule has 5 rings (SSSR count). The summed E-state index contributed by atoms with van der Waals surface area (Å²) < 4.78 is 50.4. The number of fused-ring (bicyclic) bond motifs is 1. The summed E-state index contributed by atoms with van der Waals surface area (Å²) in [7, 11) is 0. The number of piperidine rings is 1. The number of hydrogen-bond acceptors (Lipinski definition) is 6. The molecule has 1 saturated heterocycles. The fourth-order valence-electron chi connectivity index (χ4n) is 5.02. The third-order valence-electron chi connectivity index (χ3n) is 7.25. The molecule has 1 heterocycles. The van der Waals surface area contributed by atoms with Gasteiger partial charge in [0.2, 0.25) is 0 Å². The third kappa shape index (κ3) is 8.12. The lowest BCUT2D eigenvalue weighted by atomic mass is 9.87. The minimum Gasteiger partial charge on any atom is -0.484 e. The minimum absolute atomic E-state index is 0.0524. The SMILES string of the molecule is O=C(COc1ccc(C2CCNCC2OCc2ccc3ccccc3c2)cc1)N(Cc1ccccc1)OC(=O)C(F)(F)F. The molecule has 0 saturated carbocycles. The van der Waals surface area contributed by atoms with Crippen LogP contribution in [0.1, 0.15) is 29.0 Å². The number of ether oxygens (including phenoxy) is 2.